The normalized spacial score (nSPS) is 21.4. The Morgan fingerprint density at radius 1 is 1.39 bits per heavy atom. The van der Waals surface area contributed by atoms with Gasteiger partial charge in [-0.15, -0.1) is 10.2 Å². The molecule has 0 bridgehead atoms. The monoisotopic (exact) mass is 251 g/mol. The molecule has 0 amide bonds. The SMILES string of the molecule is CCNCC1CCCN(Cc2nnc(C)n2C)C1. The third-order valence-corrected chi connectivity index (χ3v) is 3.83. The molecule has 1 fully saturated rings. The number of nitrogens with one attached hydrogen (secondary N) is 1. The lowest BCUT2D eigenvalue weighted by atomic mass is 9.98. The Morgan fingerprint density at radius 2 is 2.22 bits per heavy atom. The van der Waals surface area contributed by atoms with E-state index in [1.807, 2.05) is 14.0 Å². The summed E-state index contributed by atoms with van der Waals surface area (Å²) in [5, 5.41) is 11.8. The molecule has 1 saturated heterocycles. The molecule has 18 heavy (non-hydrogen) atoms. The molecule has 102 valence electrons. The van der Waals surface area contributed by atoms with E-state index in [9.17, 15) is 0 Å². The second kappa shape index (κ2) is 6.29. The molecule has 1 aromatic heterocycles. The van der Waals surface area contributed by atoms with Crippen LogP contribution in [-0.2, 0) is 13.6 Å². The Morgan fingerprint density at radius 3 is 2.89 bits per heavy atom. The van der Waals surface area contributed by atoms with Crippen LogP contribution in [0.15, 0.2) is 0 Å². The van der Waals surface area contributed by atoms with Crippen LogP contribution >= 0.6 is 0 Å². The molecule has 5 heteroatoms. The largest absolute Gasteiger partial charge is 0.317 e. The minimum absolute atomic E-state index is 0.785. The Balaban J connectivity index is 1.87. The molecule has 2 rings (SSSR count). The lowest BCUT2D eigenvalue weighted by Gasteiger charge is -2.32. The molecule has 1 N–H and O–H groups in total. The van der Waals surface area contributed by atoms with Gasteiger partial charge in [-0.05, 0) is 45.3 Å². The van der Waals surface area contributed by atoms with E-state index in [0.717, 1.165) is 37.2 Å². The number of aromatic nitrogens is 3. The maximum absolute atomic E-state index is 4.25. The van der Waals surface area contributed by atoms with Crippen LogP contribution in [0.1, 0.15) is 31.4 Å². The Kier molecular flexibility index (Phi) is 4.72. The molecule has 2 heterocycles. The molecule has 1 aromatic rings. The minimum Gasteiger partial charge on any atom is -0.317 e. The highest BCUT2D eigenvalue weighted by atomic mass is 15.3. The first-order valence-corrected chi connectivity index (χ1v) is 6.98. The second-order valence-corrected chi connectivity index (χ2v) is 5.27. The van der Waals surface area contributed by atoms with E-state index in [4.69, 9.17) is 0 Å². The van der Waals surface area contributed by atoms with Gasteiger partial charge in [-0.2, -0.15) is 0 Å². The predicted molar refractivity (Wildman–Crippen MR) is 72.3 cm³/mol. The first-order chi connectivity index (χ1) is 8.70. The number of piperidine rings is 1. The van der Waals surface area contributed by atoms with Crippen molar-refractivity contribution in [3.8, 4) is 0 Å². The lowest BCUT2D eigenvalue weighted by molar-refractivity contribution is 0.161. The van der Waals surface area contributed by atoms with Crippen LogP contribution < -0.4 is 5.32 Å². The average Bonchev–Trinajstić information content (AvgIpc) is 2.69. The fourth-order valence-corrected chi connectivity index (χ4v) is 2.60. The van der Waals surface area contributed by atoms with Crippen LogP contribution in [0, 0.1) is 12.8 Å². The Bertz CT molecular complexity index is 373. The van der Waals surface area contributed by atoms with Crippen molar-refractivity contribution < 1.29 is 0 Å². The van der Waals surface area contributed by atoms with Gasteiger partial charge in [-0.1, -0.05) is 6.92 Å². The summed E-state index contributed by atoms with van der Waals surface area (Å²) in [5.74, 6) is 2.86. The minimum atomic E-state index is 0.785. The highest BCUT2D eigenvalue weighted by molar-refractivity contribution is 4.93. The smallest absolute Gasteiger partial charge is 0.146 e. The van der Waals surface area contributed by atoms with Crippen LogP contribution in [0.5, 0.6) is 0 Å². The third-order valence-electron chi connectivity index (χ3n) is 3.83. The molecule has 0 radical (unpaired) electrons. The average molecular weight is 251 g/mol. The predicted octanol–water partition coefficient (Wildman–Crippen LogP) is 0.945. The highest BCUT2D eigenvalue weighted by Crippen LogP contribution is 2.17. The first kappa shape index (κ1) is 13.5. The fourth-order valence-electron chi connectivity index (χ4n) is 2.60. The van der Waals surface area contributed by atoms with E-state index in [1.165, 1.54) is 25.9 Å². The molecule has 0 aliphatic carbocycles. The molecule has 5 nitrogen and oxygen atoms in total. The summed E-state index contributed by atoms with van der Waals surface area (Å²) in [7, 11) is 2.05. The van der Waals surface area contributed by atoms with Crippen LogP contribution in [0.25, 0.3) is 0 Å². The van der Waals surface area contributed by atoms with Gasteiger partial charge >= 0.3 is 0 Å². The number of rotatable bonds is 5. The van der Waals surface area contributed by atoms with E-state index in [2.05, 4.69) is 31.9 Å². The summed E-state index contributed by atoms with van der Waals surface area (Å²) in [5.41, 5.74) is 0. The van der Waals surface area contributed by atoms with Gasteiger partial charge in [0.05, 0.1) is 6.54 Å². The van der Waals surface area contributed by atoms with Crippen molar-refractivity contribution in [1.82, 2.24) is 25.0 Å². The van der Waals surface area contributed by atoms with E-state index in [-0.39, 0.29) is 0 Å². The summed E-state index contributed by atoms with van der Waals surface area (Å²) >= 11 is 0. The zero-order valence-corrected chi connectivity index (χ0v) is 11.8. The summed E-state index contributed by atoms with van der Waals surface area (Å²) in [4.78, 5) is 2.51. The van der Waals surface area contributed by atoms with Gasteiger partial charge in [-0.3, -0.25) is 4.90 Å². The van der Waals surface area contributed by atoms with Gasteiger partial charge in [0.2, 0.25) is 0 Å². The number of likely N-dealkylation sites (tertiary alicyclic amines) is 1. The summed E-state index contributed by atoms with van der Waals surface area (Å²) < 4.78 is 2.09. The van der Waals surface area contributed by atoms with Gasteiger partial charge < -0.3 is 9.88 Å². The summed E-state index contributed by atoms with van der Waals surface area (Å²) in [6.07, 6.45) is 2.65. The van der Waals surface area contributed by atoms with Gasteiger partial charge in [0.15, 0.2) is 0 Å². The van der Waals surface area contributed by atoms with Crippen LogP contribution in [-0.4, -0.2) is 45.8 Å². The van der Waals surface area contributed by atoms with E-state index in [0.29, 0.717) is 0 Å². The maximum atomic E-state index is 4.25. The van der Waals surface area contributed by atoms with Gasteiger partial charge in [-0.25, -0.2) is 0 Å². The molecule has 0 spiro atoms. The van der Waals surface area contributed by atoms with E-state index >= 15 is 0 Å². The van der Waals surface area contributed by atoms with Crippen molar-refractivity contribution in [1.29, 1.82) is 0 Å². The third kappa shape index (κ3) is 3.29. The zero-order valence-electron chi connectivity index (χ0n) is 11.8. The standard InChI is InChI=1S/C13H25N5/c1-4-14-8-12-6-5-7-18(9-12)10-13-16-15-11(2)17(13)3/h12,14H,4-10H2,1-3H3. The van der Waals surface area contributed by atoms with Crippen molar-refractivity contribution in [3.05, 3.63) is 11.6 Å². The van der Waals surface area contributed by atoms with E-state index < -0.39 is 0 Å². The van der Waals surface area contributed by atoms with Crippen molar-refractivity contribution in [2.24, 2.45) is 13.0 Å². The fraction of sp³-hybridized carbons (Fsp3) is 0.846. The topological polar surface area (TPSA) is 46.0 Å². The molecule has 1 unspecified atom stereocenters. The van der Waals surface area contributed by atoms with Crippen molar-refractivity contribution >= 4 is 0 Å². The molecule has 0 aromatic carbocycles. The Labute approximate surface area is 110 Å². The van der Waals surface area contributed by atoms with Gasteiger partial charge in [0.1, 0.15) is 11.6 Å². The number of nitrogens with zero attached hydrogens (tertiary/aromatic N) is 4. The first-order valence-electron chi connectivity index (χ1n) is 6.98. The van der Waals surface area contributed by atoms with Gasteiger partial charge in [0.25, 0.3) is 0 Å². The summed E-state index contributed by atoms with van der Waals surface area (Å²) in [6.45, 7) is 9.68. The molecule has 1 aliphatic rings. The summed E-state index contributed by atoms with van der Waals surface area (Å²) in [6, 6.07) is 0. The van der Waals surface area contributed by atoms with E-state index in [1.54, 1.807) is 0 Å². The lowest BCUT2D eigenvalue weighted by Crippen LogP contribution is -2.39. The van der Waals surface area contributed by atoms with Crippen molar-refractivity contribution in [2.45, 2.75) is 33.2 Å². The molecule has 0 saturated carbocycles. The number of hydrogen-bond acceptors (Lipinski definition) is 4. The molecular formula is C13H25N5. The maximum Gasteiger partial charge on any atom is 0.146 e. The molecule has 1 aliphatic heterocycles. The van der Waals surface area contributed by atoms with Crippen LogP contribution in [0.2, 0.25) is 0 Å². The highest BCUT2D eigenvalue weighted by Gasteiger charge is 2.21. The zero-order chi connectivity index (χ0) is 13.0. The van der Waals surface area contributed by atoms with Crippen LogP contribution in [0.4, 0.5) is 0 Å². The number of hydrogen-bond donors (Lipinski definition) is 1. The van der Waals surface area contributed by atoms with Crippen molar-refractivity contribution in [2.75, 3.05) is 26.2 Å². The molecular weight excluding hydrogens is 226 g/mol. The quantitative estimate of drug-likeness (QED) is 0.846. The second-order valence-electron chi connectivity index (χ2n) is 5.27. The molecule has 1 atom stereocenters. The Hall–Kier alpha value is -0.940. The van der Waals surface area contributed by atoms with Crippen LogP contribution in [0.3, 0.4) is 0 Å². The van der Waals surface area contributed by atoms with Gasteiger partial charge in [0, 0.05) is 13.6 Å². The van der Waals surface area contributed by atoms with Crippen molar-refractivity contribution in [3.63, 3.8) is 0 Å². The number of aryl methyl sites for hydroxylation is 1.